The van der Waals surface area contributed by atoms with Gasteiger partial charge in [0.1, 0.15) is 0 Å². The molecule has 0 N–H and O–H groups in total. The Labute approximate surface area is 122 Å². The highest BCUT2D eigenvalue weighted by Gasteiger charge is 2.34. The van der Waals surface area contributed by atoms with Crippen molar-refractivity contribution in [3.05, 3.63) is 29.3 Å². The van der Waals surface area contributed by atoms with Gasteiger partial charge in [-0.1, -0.05) is 24.9 Å². The Kier molecular flexibility index (Phi) is 5.01. The molecule has 0 heterocycles. The van der Waals surface area contributed by atoms with E-state index in [1.54, 1.807) is 12.1 Å². The summed E-state index contributed by atoms with van der Waals surface area (Å²) < 4.78 is 12.7. The molecule has 0 bridgehead atoms. The highest BCUT2D eigenvalue weighted by Crippen LogP contribution is 2.35. The lowest BCUT2D eigenvalue weighted by Gasteiger charge is -2.31. The van der Waals surface area contributed by atoms with Crippen LogP contribution in [0.2, 0.25) is 5.02 Å². The number of halogens is 1. The number of hydrogen-bond donors (Lipinski definition) is 0. The van der Waals surface area contributed by atoms with Gasteiger partial charge in [-0.3, -0.25) is 4.21 Å². The molecule has 0 aliphatic heterocycles. The number of rotatable bonds is 3. The molecule has 1 aromatic carbocycles. The molecule has 1 saturated carbocycles. The molecule has 1 aliphatic rings. The van der Waals surface area contributed by atoms with Gasteiger partial charge in [-0.05, 0) is 49.4 Å². The number of hydrogen-bond acceptors (Lipinski definition) is 2. The van der Waals surface area contributed by atoms with Crippen LogP contribution in [0, 0.1) is 23.2 Å². The summed E-state index contributed by atoms with van der Waals surface area (Å²) in [6.45, 7) is 2.17. The van der Waals surface area contributed by atoms with Crippen LogP contribution in [0.1, 0.15) is 32.6 Å². The summed E-state index contributed by atoms with van der Waals surface area (Å²) in [4.78, 5) is 0.784. The van der Waals surface area contributed by atoms with E-state index in [0.29, 0.717) is 10.9 Å². The van der Waals surface area contributed by atoms with Crippen LogP contribution < -0.4 is 0 Å². The van der Waals surface area contributed by atoms with Gasteiger partial charge in [0, 0.05) is 9.92 Å². The molecule has 0 radical (unpaired) electrons. The Morgan fingerprint density at radius 2 is 2.05 bits per heavy atom. The maximum absolute atomic E-state index is 12.7. The second kappa shape index (κ2) is 6.54. The van der Waals surface area contributed by atoms with E-state index < -0.39 is 10.8 Å². The average Bonchev–Trinajstić information content (AvgIpc) is 2.46. The lowest BCUT2D eigenvalue weighted by molar-refractivity contribution is 0.313. The van der Waals surface area contributed by atoms with Crippen LogP contribution in [0.25, 0.3) is 0 Å². The van der Waals surface area contributed by atoms with E-state index in [1.165, 1.54) is 0 Å². The van der Waals surface area contributed by atoms with E-state index in [4.69, 9.17) is 11.6 Å². The first-order chi connectivity index (χ1) is 9.15. The van der Waals surface area contributed by atoms with Gasteiger partial charge in [-0.25, -0.2) is 0 Å². The molecule has 0 amide bonds. The van der Waals surface area contributed by atoms with Gasteiger partial charge in [0.2, 0.25) is 0 Å². The van der Waals surface area contributed by atoms with E-state index in [2.05, 4.69) is 13.0 Å². The molecule has 0 saturated heterocycles. The van der Waals surface area contributed by atoms with Crippen LogP contribution in [0.15, 0.2) is 29.2 Å². The molecule has 19 heavy (non-hydrogen) atoms. The lowest BCUT2D eigenvalue weighted by Crippen LogP contribution is -2.32. The zero-order valence-electron chi connectivity index (χ0n) is 11.0. The van der Waals surface area contributed by atoms with Crippen molar-refractivity contribution in [2.24, 2.45) is 11.8 Å². The van der Waals surface area contributed by atoms with Crippen molar-refractivity contribution in [3.63, 3.8) is 0 Å². The fourth-order valence-electron chi connectivity index (χ4n) is 2.71. The third-order valence-corrected chi connectivity index (χ3v) is 6.02. The molecule has 0 aromatic heterocycles. The standard InChI is InChI=1S/C15H18ClNOS/c1-2-11-3-4-12(10-17)15(9-11)19(18)14-7-5-13(16)6-8-14/h5-8,11-12,15H,2-4,9H2,1H3. The molecule has 1 aromatic rings. The SMILES string of the molecule is CCC1CCC(C#N)C(S(=O)c2ccc(Cl)cc2)C1. The number of benzene rings is 1. The van der Waals surface area contributed by atoms with Crippen molar-refractivity contribution < 1.29 is 4.21 Å². The molecular formula is C15H18ClNOS. The third kappa shape index (κ3) is 3.38. The van der Waals surface area contributed by atoms with E-state index in [1.807, 2.05) is 12.1 Å². The second-order valence-electron chi connectivity index (χ2n) is 5.11. The quantitative estimate of drug-likeness (QED) is 0.840. The Hall–Kier alpha value is -0.850. The summed E-state index contributed by atoms with van der Waals surface area (Å²) in [7, 11) is -1.11. The molecule has 4 heteroatoms. The Bertz CT molecular complexity index is 494. The predicted molar refractivity (Wildman–Crippen MR) is 78.4 cm³/mol. The summed E-state index contributed by atoms with van der Waals surface area (Å²) >= 11 is 5.85. The first kappa shape index (κ1) is 14.6. The molecule has 4 atom stereocenters. The lowest BCUT2D eigenvalue weighted by atomic mass is 9.81. The van der Waals surface area contributed by atoms with Gasteiger partial charge >= 0.3 is 0 Å². The molecule has 2 rings (SSSR count). The third-order valence-electron chi connectivity index (χ3n) is 3.96. The van der Waals surface area contributed by atoms with Gasteiger partial charge in [-0.15, -0.1) is 0 Å². The topological polar surface area (TPSA) is 40.9 Å². The maximum Gasteiger partial charge on any atom is 0.0668 e. The molecule has 1 fully saturated rings. The predicted octanol–water partition coefficient (Wildman–Crippen LogP) is 4.17. The fourth-order valence-corrected chi connectivity index (χ4v) is 4.53. The van der Waals surface area contributed by atoms with E-state index in [0.717, 1.165) is 30.6 Å². The monoisotopic (exact) mass is 295 g/mol. The van der Waals surface area contributed by atoms with Crippen LogP contribution in [-0.2, 0) is 10.8 Å². The van der Waals surface area contributed by atoms with E-state index >= 15 is 0 Å². The van der Waals surface area contributed by atoms with Gasteiger partial charge in [0.25, 0.3) is 0 Å². The van der Waals surface area contributed by atoms with E-state index in [-0.39, 0.29) is 11.2 Å². The van der Waals surface area contributed by atoms with Crippen LogP contribution in [0.3, 0.4) is 0 Å². The molecule has 4 unspecified atom stereocenters. The minimum absolute atomic E-state index is 0.0372. The summed E-state index contributed by atoms with van der Waals surface area (Å²) in [6, 6.07) is 9.48. The van der Waals surface area contributed by atoms with Crippen molar-refractivity contribution in [1.29, 1.82) is 5.26 Å². The van der Waals surface area contributed by atoms with Gasteiger partial charge in [0.15, 0.2) is 0 Å². The largest absolute Gasteiger partial charge is 0.254 e. The molecule has 2 nitrogen and oxygen atoms in total. The smallest absolute Gasteiger partial charge is 0.0668 e. The van der Waals surface area contributed by atoms with Crippen molar-refractivity contribution in [3.8, 4) is 6.07 Å². The molecule has 102 valence electrons. The van der Waals surface area contributed by atoms with Crippen molar-refractivity contribution in [2.75, 3.05) is 0 Å². The summed E-state index contributed by atoms with van der Waals surface area (Å²) in [5.41, 5.74) is 0. The highest BCUT2D eigenvalue weighted by molar-refractivity contribution is 7.85. The normalized spacial score (nSPS) is 28.6. The van der Waals surface area contributed by atoms with Crippen molar-refractivity contribution in [1.82, 2.24) is 0 Å². The highest BCUT2D eigenvalue weighted by atomic mass is 35.5. The minimum atomic E-state index is -1.11. The summed E-state index contributed by atoms with van der Waals surface area (Å²) in [5.74, 6) is 0.519. The van der Waals surface area contributed by atoms with Crippen molar-refractivity contribution >= 4 is 22.4 Å². The van der Waals surface area contributed by atoms with E-state index in [9.17, 15) is 9.47 Å². The molecule has 1 aliphatic carbocycles. The van der Waals surface area contributed by atoms with Crippen LogP contribution in [0.5, 0.6) is 0 Å². The Morgan fingerprint density at radius 3 is 2.63 bits per heavy atom. The maximum atomic E-state index is 12.7. The second-order valence-corrected chi connectivity index (χ2v) is 7.22. The first-order valence-corrected chi connectivity index (χ1v) is 8.30. The summed E-state index contributed by atoms with van der Waals surface area (Å²) in [6.07, 6.45) is 3.96. The zero-order valence-corrected chi connectivity index (χ0v) is 12.6. The number of nitrogens with zero attached hydrogens (tertiary/aromatic N) is 1. The van der Waals surface area contributed by atoms with Crippen LogP contribution >= 0.6 is 11.6 Å². The summed E-state index contributed by atoms with van der Waals surface area (Å²) in [5, 5.41) is 9.86. The minimum Gasteiger partial charge on any atom is -0.254 e. The Morgan fingerprint density at radius 1 is 1.37 bits per heavy atom. The average molecular weight is 296 g/mol. The first-order valence-electron chi connectivity index (χ1n) is 6.71. The van der Waals surface area contributed by atoms with Crippen molar-refractivity contribution in [2.45, 2.75) is 42.8 Å². The van der Waals surface area contributed by atoms with Crippen LogP contribution in [-0.4, -0.2) is 9.46 Å². The molecular weight excluding hydrogens is 278 g/mol. The Balaban J connectivity index is 2.19. The molecule has 0 spiro atoms. The zero-order chi connectivity index (χ0) is 13.8. The number of nitriles is 1. The van der Waals surface area contributed by atoms with Crippen LogP contribution in [0.4, 0.5) is 0 Å². The van der Waals surface area contributed by atoms with Gasteiger partial charge < -0.3 is 0 Å². The van der Waals surface area contributed by atoms with Gasteiger partial charge in [-0.2, -0.15) is 5.26 Å². The van der Waals surface area contributed by atoms with Gasteiger partial charge in [0.05, 0.1) is 28.0 Å². The fraction of sp³-hybridized carbons (Fsp3) is 0.533.